The molecule has 0 atom stereocenters. The van der Waals surface area contributed by atoms with Crippen molar-refractivity contribution in [3.05, 3.63) is 24.3 Å². The average Bonchev–Trinajstić information content (AvgIpc) is 2.42. The highest BCUT2D eigenvalue weighted by Crippen LogP contribution is 2.20. The summed E-state index contributed by atoms with van der Waals surface area (Å²) in [6.07, 6.45) is 2.36. The largest absolute Gasteiger partial charge is 0.379 e. The van der Waals surface area contributed by atoms with Gasteiger partial charge in [-0.05, 0) is 38.8 Å². The molecule has 5 heteroatoms. The van der Waals surface area contributed by atoms with E-state index in [1.54, 1.807) is 0 Å². The first-order valence-electron chi connectivity index (χ1n) is 7.04. The van der Waals surface area contributed by atoms with Crippen LogP contribution in [-0.2, 0) is 4.74 Å². The highest BCUT2D eigenvalue weighted by Gasteiger charge is 2.04. The van der Waals surface area contributed by atoms with Crippen LogP contribution < -0.4 is 11.1 Å². The molecule has 0 aliphatic heterocycles. The topological polar surface area (TPSA) is 73.1 Å². The summed E-state index contributed by atoms with van der Waals surface area (Å²) < 4.78 is 5.51. The van der Waals surface area contributed by atoms with E-state index in [1.165, 1.54) is 0 Å². The van der Waals surface area contributed by atoms with Crippen LogP contribution in [0.15, 0.2) is 24.3 Å². The summed E-state index contributed by atoms with van der Waals surface area (Å²) >= 11 is 0. The molecule has 0 unspecified atom stereocenters. The molecular formula is C15H22N4O. The van der Waals surface area contributed by atoms with Crippen LogP contribution in [0.5, 0.6) is 0 Å². The zero-order chi connectivity index (χ0) is 14.4. The summed E-state index contributed by atoms with van der Waals surface area (Å²) in [4.78, 5) is 8.49. The molecule has 1 aromatic heterocycles. The van der Waals surface area contributed by atoms with Crippen LogP contribution in [0, 0.1) is 0 Å². The van der Waals surface area contributed by atoms with E-state index in [2.05, 4.69) is 15.3 Å². The number of aromatic nitrogens is 2. The molecule has 108 valence electrons. The van der Waals surface area contributed by atoms with E-state index < -0.39 is 0 Å². The Bertz CT molecular complexity index is 557. The molecule has 2 aromatic rings. The second-order valence-corrected chi connectivity index (χ2v) is 5.00. The van der Waals surface area contributed by atoms with Crippen LogP contribution in [-0.4, -0.2) is 29.2 Å². The van der Waals surface area contributed by atoms with Crippen molar-refractivity contribution >= 4 is 22.7 Å². The Balaban J connectivity index is 1.90. The van der Waals surface area contributed by atoms with Crippen molar-refractivity contribution in [1.82, 2.24) is 9.97 Å². The molecular weight excluding hydrogens is 252 g/mol. The Hall–Kier alpha value is -1.88. The standard InChI is InChI=1S/C15H22N4O/c1-11(2)20-10-6-5-9-17-14-12-7-3-4-8-13(12)18-15(16)19-14/h3-4,7-8,11H,5-6,9-10H2,1-2H3,(H3,16,17,18,19). The van der Waals surface area contributed by atoms with E-state index in [4.69, 9.17) is 10.5 Å². The van der Waals surface area contributed by atoms with E-state index in [1.807, 2.05) is 38.1 Å². The Morgan fingerprint density at radius 2 is 2.00 bits per heavy atom. The van der Waals surface area contributed by atoms with Gasteiger partial charge >= 0.3 is 0 Å². The third kappa shape index (κ3) is 4.06. The minimum Gasteiger partial charge on any atom is -0.379 e. The Morgan fingerprint density at radius 3 is 2.80 bits per heavy atom. The fourth-order valence-electron chi connectivity index (χ4n) is 1.98. The van der Waals surface area contributed by atoms with Gasteiger partial charge in [0.25, 0.3) is 0 Å². The number of hydrogen-bond acceptors (Lipinski definition) is 5. The average molecular weight is 274 g/mol. The second-order valence-electron chi connectivity index (χ2n) is 5.00. The molecule has 20 heavy (non-hydrogen) atoms. The molecule has 5 nitrogen and oxygen atoms in total. The number of para-hydroxylation sites is 1. The Kier molecular flexibility index (Phi) is 5.12. The van der Waals surface area contributed by atoms with Crippen molar-refractivity contribution in [2.45, 2.75) is 32.8 Å². The van der Waals surface area contributed by atoms with Crippen LogP contribution >= 0.6 is 0 Å². The van der Waals surface area contributed by atoms with Gasteiger partial charge in [-0.2, -0.15) is 4.98 Å². The molecule has 0 radical (unpaired) electrons. The van der Waals surface area contributed by atoms with Gasteiger partial charge < -0.3 is 15.8 Å². The van der Waals surface area contributed by atoms with Crippen LogP contribution in [0.3, 0.4) is 0 Å². The van der Waals surface area contributed by atoms with Crippen LogP contribution in [0.2, 0.25) is 0 Å². The van der Waals surface area contributed by atoms with Gasteiger partial charge in [-0.3, -0.25) is 0 Å². The smallest absolute Gasteiger partial charge is 0.222 e. The van der Waals surface area contributed by atoms with Crippen molar-refractivity contribution in [2.24, 2.45) is 0 Å². The first kappa shape index (κ1) is 14.5. The third-order valence-corrected chi connectivity index (χ3v) is 2.94. The van der Waals surface area contributed by atoms with E-state index in [0.29, 0.717) is 12.1 Å². The molecule has 3 N–H and O–H groups in total. The molecule has 1 heterocycles. The number of anilines is 2. The lowest BCUT2D eigenvalue weighted by molar-refractivity contribution is 0.0765. The lowest BCUT2D eigenvalue weighted by Gasteiger charge is -2.10. The van der Waals surface area contributed by atoms with E-state index in [-0.39, 0.29) is 0 Å². The number of nitrogen functional groups attached to an aromatic ring is 1. The fraction of sp³-hybridized carbons (Fsp3) is 0.467. The quantitative estimate of drug-likeness (QED) is 0.759. The number of benzene rings is 1. The van der Waals surface area contributed by atoms with Crippen molar-refractivity contribution in [3.63, 3.8) is 0 Å². The van der Waals surface area contributed by atoms with E-state index in [0.717, 1.165) is 42.7 Å². The van der Waals surface area contributed by atoms with Gasteiger partial charge in [-0.25, -0.2) is 4.98 Å². The predicted octanol–water partition coefficient (Wildman–Crippen LogP) is 2.83. The summed E-state index contributed by atoms with van der Waals surface area (Å²) in [6.45, 7) is 5.75. The molecule has 0 spiro atoms. The van der Waals surface area contributed by atoms with Crippen LogP contribution in [0.4, 0.5) is 11.8 Å². The Morgan fingerprint density at radius 1 is 1.20 bits per heavy atom. The number of nitrogens with two attached hydrogens (primary N) is 1. The maximum absolute atomic E-state index is 5.73. The van der Waals surface area contributed by atoms with Crippen LogP contribution in [0.25, 0.3) is 10.9 Å². The molecule has 0 aliphatic rings. The van der Waals surface area contributed by atoms with Crippen molar-refractivity contribution < 1.29 is 4.74 Å². The monoisotopic (exact) mass is 274 g/mol. The SMILES string of the molecule is CC(C)OCCCCNc1nc(N)nc2ccccc12. The van der Waals surface area contributed by atoms with Gasteiger partial charge in [0.1, 0.15) is 5.82 Å². The number of fused-ring (bicyclic) bond motifs is 1. The molecule has 0 amide bonds. The highest BCUT2D eigenvalue weighted by molar-refractivity contribution is 5.89. The number of rotatable bonds is 7. The van der Waals surface area contributed by atoms with Gasteiger partial charge in [0.05, 0.1) is 11.6 Å². The van der Waals surface area contributed by atoms with E-state index in [9.17, 15) is 0 Å². The van der Waals surface area contributed by atoms with Crippen molar-refractivity contribution in [1.29, 1.82) is 0 Å². The van der Waals surface area contributed by atoms with Gasteiger partial charge in [-0.1, -0.05) is 12.1 Å². The molecule has 0 aliphatic carbocycles. The highest BCUT2D eigenvalue weighted by atomic mass is 16.5. The summed E-state index contributed by atoms with van der Waals surface area (Å²) in [5.74, 6) is 1.10. The molecule has 1 aromatic carbocycles. The lowest BCUT2D eigenvalue weighted by Crippen LogP contribution is -2.09. The minimum atomic E-state index is 0.300. The number of nitrogens with one attached hydrogen (secondary N) is 1. The predicted molar refractivity (Wildman–Crippen MR) is 82.8 cm³/mol. The molecule has 0 fully saturated rings. The number of hydrogen-bond donors (Lipinski definition) is 2. The minimum absolute atomic E-state index is 0.300. The molecule has 0 saturated heterocycles. The fourth-order valence-corrected chi connectivity index (χ4v) is 1.98. The lowest BCUT2D eigenvalue weighted by atomic mass is 10.2. The molecule has 2 rings (SSSR count). The molecule has 0 bridgehead atoms. The van der Waals surface area contributed by atoms with Crippen LogP contribution in [0.1, 0.15) is 26.7 Å². The van der Waals surface area contributed by atoms with Crippen molar-refractivity contribution in [3.8, 4) is 0 Å². The van der Waals surface area contributed by atoms with Gasteiger partial charge in [-0.15, -0.1) is 0 Å². The Labute approximate surface area is 119 Å². The van der Waals surface area contributed by atoms with Gasteiger partial charge in [0.2, 0.25) is 5.95 Å². The summed E-state index contributed by atoms with van der Waals surface area (Å²) in [5.41, 5.74) is 6.59. The van der Waals surface area contributed by atoms with Gasteiger partial charge in [0, 0.05) is 18.5 Å². The number of nitrogens with zero attached hydrogens (tertiary/aromatic N) is 2. The van der Waals surface area contributed by atoms with Crippen molar-refractivity contribution in [2.75, 3.05) is 24.2 Å². The zero-order valence-electron chi connectivity index (χ0n) is 12.1. The third-order valence-electron chi connectivity index (χ3n) is 2.94. The summed E-state index contributed by atoms with van der Waals surface area (Å²) in [7, 11) is 0. The summed E-state index contributed by atoms with van der Waals surface area (Å²) in [5, 5.41) is 4.33. The molecule has 0 saturated carbocycles. The normalized spacial score (nSPS) is 11.2. The van der Waals surface area contributed by atoms with Gasteiger partial charge in [0.15, 0.2) is 0 Å². The summed E-state index contributed by atoms with van der Waals surface area (Å²) in [6, 6.07) is 7.86. The van der Waals surface area contributed by atoms with E-state index >= 15 is 0 Å². The second kappa shape index (κ2) is 7.05. The first-order chi connectivity index (χ1) is 9.66. The maximum atomic E-state index is 5.73. The first-order valence-corrected chi connectivity index (χ1v) is 7.04. The number of ether oxygens (including phenoxy) is 1. The zero-order valence-corrected chi connectivity index (χ0v) is 12.1. The number of unbranched alkanes of at least 4 members (excludes halogenated alkanes) is 1. The maximum Gasteiger partial charge on any atom is 0.222 e.